The zero-order valence-corrected chi connectivity index (χ0v) is 18.1. The van der Waals surface area contributed by atoms with E-state index in [1.54, 1.807) is 6.33 Å². The molecule has 1 aliphatic heterocycles. The topological polar surface area (TPSA) is 94.1 Å². The van der Waals surface area contributed by atoms with E-state index in [0.29, 0.717) is 30.1 Å². The van der Waals surface area contributed by atoms with Crippen LogP contribution < -0.4 is 15.6 Å². The molecule has 0 spiro atoms. The molecular weight excluding hydrogens is 406 g/mol. The first-order valence-corrected chi connectivity index (χ1v) is 10.8. The Morgan fingerprint density at radius 2 is 1.91 bits per heavy atom. The smallest absolute Gasteiger partial charge is 0.277 e. The number of imidazole rings is 1. The monoisotopic (exact) mass is 433 g/mol. The van der Waals surface area contributed by atoms with Crippen molar-refractivity contribution in [2.75, 3.05) is 32.9 Å². The van der Waals surface area contributed by atoms with Gasteiger partial charge in [-0.1, -0.05) is 42.5 Å². The molecule has 0 bridgehead atoms. The van der Waals surface area contributed by atoms with Gasteiger partial charge in [0, 0.05) is 25.2 Å². The second-order valence-corrected chi connectivity index (χ2v) is 7.27. The van der Waals surface area contributed by atoms with Crippen molar-refractivity contribution in [1.82, 2.24) is 24.8 Å². The lowest BCUT2D eigenvalue weighted by Crippen LogP contribution is -2.30. The first kappa shape index (κ1) is 21.7. The van der Waals surface area contributed by atoms with E-state index in [4.69, 9.17) is 9.47 Å². The molecule has 1 fully saturated rings. The molecule has 8 nitrogen and oxygen atoms in total. The predicted octanol–water partition coefficient (Wildman–Crippen LogP) is 2.84. The lowest BCUT2D eigenvalue weighted by atomic mass is 10.2. The number of rotatable bonds is 5. The summed E-state index contributed by atoms with van der Waals surface area (Å²) in [6.07, 6.45) is 1.65. The summed E-state index contributed by atoms with van der Waals surface area (Å²) in [6.45, 7) is 6.91. The van der Waals surface area contributed by atoms with Crippen molar-refractivity contribution < 1.29 is 9.47 Å². The summed E-state index contributed by atoms with van der Waals surface area (Å²) in [5.74, 6) is 1.22. The van der Waals surface area contributed by atoms with Crippen molar-refractivity contribution in [3.63, 3.8) is 0 Å². The fourth-order valence-electron chi connectivity index (χ4n) is 3.44. The number of benzene rings is 2. The summed E-state index contributed by atoms with van der Waals surface area (Å²) >= 11 is 0. The number of nitrogens with one attached hydrogen (secondary N) is 2. The molecule has 0 radical (unpaired) electrons. The highest BCUT2D eigenvalue weighted by Gasteiger charge is 2.12. The Balaban J connectivity index is 0.000000354. The number of hydrogen-bond acceptors (Lipinski definition) is 6. The second kappa shape index (κ2) is 10.7. The molecule has 5 rings (SSSR count). The molecule has 2 aromatic heterocycles. The van der Waals surface area contributed by atoms with Crippen LogP contribution in [-0.4, -0.2) is 52.4 Å². The maximum atomic E-state index is 12.7. The van der Waals surface area contributed by atoms with E-state index in [1.807, 2.05) is 66.1 Å². The molecule has 0 aliphatic carbocycles. The Hall–Kier alpha value is -3.49. The Bertz CT molecular complexity index is 1190. The number of H-pyrrole nitrogens is 1. The van der Waals surface area contributed by atoms with Crippen molar-refractivity contribution in [2.24, 2.45) is 0 Å². The molecule has 166 valence electrons. The van der Waals surface area contributed by atoms with Crippen molar-refractivity contribution in [3.05, 3.63) is 76.8 Å². The lowest BCUT2D eigenvalue weighted by Gasteiger charge is -2.10. The minimum Gasteiger partial charge on any atom is -0.494 e. The van der Waals surface area contributed by atoms with Crippen molar-refractivity contribution in [3.8, 4) is 17.1 Å². The number of aromatic amines is 1. The molecule has 1 saturated heterocycles. The number of nitrogens with zero attached hydrogens (tertiary/aromatic N) is 3. The average molecular weight is 434 g/mol. The number of ether oxygens (including phenoxy) is 2. The Kier molecular flexibility index (Phi) is 7.27. The maximum Gasteiger partial charge on any atom is 0.277 e. The average Bonchev–Trinajstić information content (AvgIpc) is 3.25. The summed E-state index contributed by atoms with van der Waals surface area (Å²) in [7, 11) is 0. The van der Waals surface area contributed by atoms with Crippen molar-refractivity contribution >= 4 is 11.2 Å². The fraction of sp³-hybridized carbons (Fsp3) is 0.292. The molecule has 3 heterocycles. The van der Waals surface area contributed by atoms with Crippen LogP contribution in [0.15, 0.2) is 65.7 Å². The molecule has 0 unspecified atom stereocenters. The first-order chi connectivity index (χ1) is 15.7. The van der Waals surface area contributed by atoms with Gasteiger partial charge in [-0.3, -0.25) is 4.79 Å². The molecule has 2 N–H and O–H groups in total. The highest BCUT2D eigenvalue weighted by atomic mass is 16.5. The minimum absolute atomic E-state index is 0.208. The highest BCUT2D eigenvalue weighted by molar-refractivity contribution is 5.73. The minimum atomic E-state index is -0.208. The Morgan fingerprint density at radius 3 is 2.59 bits per heavy atom. The van der Waals surface area contributed by atoms with Gasteiger partial charge in [0.1, 0.15) is 11.6 Å². The normalized spacial score (nSPS) is 13.4. The summed E-state index contributed by atoms with van der Waals surface area (Å²) < 4.78 is 12.3. The van der Waals surface area contributed by atoms with Crippen LogP contribution in [0.1, 0.15) is 12.5 Å². The summed E-state index contributed by atoms with van der Waals surface area (Å²) in [5, 5.41) is 3.16. The fourth-order valence-corrected chi connectivity index (χ4v) is 3.44. The lowest BCUT2D eigenvalue weighted by molar-refractivity contribution is 0.109. The van der Waals surface area contributed by atoms with E-state index < -0.39 is 0 Å². The van der Waals surface area contributed by atoms with Gasteiger partial charge in [-0.05, 0) is 24.6 Å². The van der Waals surface area contributed by atoms with Gasteiger partial charge in [0.2, 0.25) is 0 Å². The van der Waals surface area contributed by atoms with Crippen LogP contribution in [0.3, 0.4) is 0 Å². The van der Waals surface area contributed by atoms with Crippen LogP contribution >= 0.6 is 0 Å². The van der Waals surface area contributed by atoms with Gasteiger partial charge in [-0.25, -0.2) is 9.97 Å². The molecule has 0 atom stereocenters. The third-order valence-corrected chi connectivity index (χ3v) is 4.94. The molecule has 8 heteroatoms. The Morgan fingerprint density at radius 1 is 1.09 bits per heavy atom. The number of fused-ring (bicyclic) bond motifs is 1. The van der Waals surface area contributed by atoms with E-state index in [0.717, 1.165) is 43.2 Å². The molecule has 4 aromatic rings. The molecule has 2 aromatic carbocycles. The zero-order chi connectivity index (χ0) is 22.2. The summed E-state index contributed by atoms with van der Waals surface area (Å²) in [6, 6.07) is 17.4. The van der Waals surface area contributed by atoms with Crippen LogP contribution in [0.4, 0.5) is 0 Å². The number of aromatic nitrogens is 4. The SMILES string of the molecule is C1COCCN1.CCOc1cccc(-c2nc3ncn(Cc4ccccc4)c3c(=O)[nH]2)c1. The van der Waals surface area contributed by atoms with Crippen LogP contribution in [0.25, 0.3) is 22.6 Å². The highest BCUT2D eigenvalue weighted by Crippen LogP contribution is 2.21. The van der Waals surface area contributed by atoms with E-state index in [2.05, 4.69) is 20.3 Å². The van der Waals surface area contributed by atoms with E-state index >= 15 is 0 Å². The summed E-state index contributed by atoms with van der Waals surface area (Å²) in [4.78, 5) is 24.4. The zero-order valence-electron chi connectivity index (χ0n) is 18.1. The third kappa shape index (κ3) is 5.40. The van der Waals surface area contributed by atoms with Crippen LogP contribution in [0, 0.1) is 0 Å². The maximum absolute atomic E-state index is 12.7. The van der Waals surface area contributed by atoms with E-state index in [-0.39, 0.29) is 5.56 Å². The van der Waals surface area contributed by atoms with Gasteiger partial charge < -0.3 is 24.3 Å². The van der Waals surface area contributed by atoms with Gasteiger partial charge in [0.15, 0.2) is 11.2 Å². The molecule has 0 saturated carbocycles. The van der Waals surface area contributed by atoms with Gasteiger partial charge in [0.05, 0.1) is 26.1 Å². The van der Waals surface area contributed by atoms with Crippen molar-refractivity contribution in [2.45, 2.75) is 13.5 Å². The van der Waals surface area contributed by atoms with E-state index in [1.165, 1.54) is 0 Å². The second-order valence-electron chi connectivity index (χ2n) is 7.27. The molecule has 0 amide bonds. The number of hydrogen-bond donors (Lipinski definition) is 2. The molecule has 1 aliphatic rings. The van der Waals surface area contributed by atoms with Crippen LogP contribution in [0.2, 0.25) is 0 Å². The van der Waals surface area contributed by atoms with Crippen LogP contribution in [-0.2, 0) is 11.3 Å². The largest absolute Gasteiger partial charge is 0.494 e. The van der Waals surface area contributed by atoms with Crippen LogP contribution in [0.5, 0.6) is 5.75 Å². The van der Waals surface area contributed by atoms with Crippen molar-refractivity contribution in [1.29, 1.82) is 0 Å². The van der Waals surface area contributed by atoms with E-state index in [9.17, 15) is 4.79 Å². The van der Waals surface area contributed by atoms with Gasteiger partial charge >= 0.3 is 0 Å². The predicted molar refractivity (Wildman–Crippen MR) is 124 cm³/mol. The van der Waals surface area contributed by atoms with Gasteiger partial charge in [-0.2, -0.15) is 0 Å². The quantitative estimate of drug-likeness (QED) is 0.503. The molecule has 32 heavy (non-hydrogen) atoms. The van der Waals surface area contributed by atoms with Gasteiger partial charge in [-0.15, -0.1) is 0 Å². The molecular formula is C24H27N5O3. The summed E-state index contributed by atoms with van der Waals surface area (Å²) in [5.41, 5.74) is 2.58. The standard InChI is InChI=1S/C20H18N4O2.C4H9NO/c1-2-26-16-10-6-9-15(11-16)18-22-19-17(20(25)23-18)24(13-21-19)12-14-7-4-3-5-8-14;1-3-6-4-2-5-1/h3-11,13H,2,12H2,1H3,(H,22,23,25);5H,1-4H2. The van der Waals surface area contributed by atoms with Gasteiger partial charge in [0.25, 0.3) is 5.56 Å². The third-order valence-electron chi connectivity index (χ3n) is 4.94. The Labute approximate surface area is 186 Å². The number of morpholine rings is 1. The first-order valence-electron chi connectivity index (χ1n) is 10.8.